The minimum Gasteiger partial charge on any atom is -0.480 e. The quantitative estimate of drug-likeness (QED) is 0.601. The Morgan fingerprint density at radius 1 is 1.25 bits per heavy atom. The molecule has 0 bridgehead atoms. The van der Waals surface area contributed by atoms with Crippen molar-refractivity contribution in [3.8, 4) is 0 Å². The number of hydrogen-bond acceptors (Lipinski definition) is 5. The molecule has 120 valence electrons. The molecule has 0 aliphatic heterocycles. The number of nitrogens with one attached hydrogen (secondary N) is 1. The number of carbonyl (C=O) groups excluding carboxylic acids is 1. The molecule has 0 aliphatic rings. The summed E-state index contributed by atoms with van der Waals surface area (Å²) in [5.74, 6) is -0.928. The number of ether oxygens (including phenoxy) is 1. The van der Waals surface area contributed by atoms with E-state index < -0.39 is 23.7 Å². The highest BCUT2D eigenvalue weighted by Gasteiger charge is 2.17. The molecule has 7 heteroatoms. The zero-order valence-corrected chi connectivity index (χ0v) is 13.0. The van der Waals surface area contributed by atoms with Crippen LogP contribution in [0.15, 0.2) is 0 Å². The monoisotopic (exact) mass is 292 g/mol. The molecule has 0 spiro atoms. The number of alkyl carbamates (subject to hydrolysis) is 1. The third kappa shape index (κ3) is 13.1. The van der Waals surface area contributed by atoms with Gasteiger partial charge in [-0.1, -0.05) is 13.8 Å². The maximum atomic E-state index is 11.1. The molecule has 20 heavy (non-hydrogen) atoms. The molecule has 1 amide bonds. The number of aliphatic carboxylic acids is 1. The van der Waals surface area contributed by atoms with Gasteiger partial charge < -0.3 is 26.0 Å². The summed E-state index contributed by atoms with van der Waals surface area (Å²) in [5.41, 5.74) is 4.53. The van der Waals surface area contributed by atoms with Crippen molar-refractivity contribution < 1.29 is 24.5 Å². The van der Waals surface area contributed by atoms with Gasteiger partial charge in [0, 0.05) is 0 Å². The first-order valence-electron chi connectivity index (χ1n) is 6.66. The van der Waals surface area contributed by atoms with E-state index in [4.69, 9.17) is 20.7 Å². The van der Waals surface area contributed by atoms with E-state index in [9.17, 15) is 9.59 Å². The summed E-state index contributed by atoms with van der Waals surface area (Å²) >= 11 is 0. The highest BCUT2D eigenvalue weighted by atomic mass is 16.6. The number of nitrogens with two attached hydrogens (primary N) is 1. The van der Waals surface area contributed by atoms with Crippen molar-refractivity contribution in [3.05, 3.63) is 0 Å². The SMILES string of the molecule is CCC(CO)NC(=O)OC(C)(C)C.CCC(N)C(=O)O. The van der Waals surface area contributed by atoms with Crippen molar-refractivity contribution in [2.45, 2.75) is 65.1 Å². The lowest BCUT2D eigenvalue weighted by atomic mass is 10.2. The minimum atomic E-state index is -0.928. The molecule has 5 N–H and O–H groups in total. The first-order valence-corrected chi connectivity index (χ1v) is 6.66. The van der Waals surface area contributed by atoms with Gasteiger partial charge in [-0.2, -0.15) is 0 Å². The van der Waals surface area contributed by atoms with Crippen LogP contribution in [-0.2, 0) is 9.53 Å². The zero-order valence-electron chi connectivity index (χ0n) is 13.0. The second-order valence-electron chi connectivity index (χ2n) is 5.29. The number of carboxylic acid groups (broad SMARTS) is 1. The van der Waals surface area contributed by atoms with Gasteiger partial charge in [0.1, 0.15) is 11.6 Å². The molecule has 0 aromatic rings. The average Bonchev–Trinajstić information content (AvgIpc) is 2.33. The third-order valence-electron chi connectivity index (χ3n) is 2.19. The van der Waals surface area contributed by atoms with Gasteiger partial charge in [-0.25, -0.2) is 4.79 Å². The Kier molecular flexibility index (Phi) is 11.0. The predicted molar refractivity (Wildman–Crippen MR) is 76.4 cm³/mol. The molecule has 0 rings (SSSR count). The lowest BCUT2D eigenvalue weighted by molar-refractivity contribution is -0.138. The second kappa shape index (κ2) is 10.4. The van der Waals surface area contributed by atoms with Crippen LogP contribution in [-0.4, -0.2) is 46.6 Å². The molecule has 0 heterocycles. The number of carboxylic acids is 1. The smallest absolute Gasteiger partial charge is 0.407 e. The number of carbonyl (C=O) groups is 2. The molecule has 0 aromatic heterocycles. The number of aliphatic hydroxyl groups excluding tert-OH is 1. The first-order chi connectivity index (χ1) is 9.07. The Morgan fingerprint density at radius 2 is 1.75 bits per heavy atom. The summed E-state index contributed by atoms with van der Waals surface area (Å²) < 4.78 is 5.01. The normalized spacial score (nSPS) is 13.6. The van der Waals surface area contributed by atoms with Crippen LogP contribution >= 0.6 is 0 Å². The van der Waals surface area contributed by atoms with E-state index >= 15 is 0 Å². The van der Waals surface area contributed by atoms with Gasteiger partial charge >= 0.3 is 12.1 Å². The van der Waals surface area contributed by atoms with Crippen LogP contribution in [0.4, 0.5) is 4.79 Å². The summed E-state index contributed by atoms with van der Waals surface area (Å²) in [6, 6.07) is -0.894. The lowest BCUT2D eigenvalue weighted by Gasteiger charge is -2.22. The van der Waals surface area contributed by atoms with Crippen molar-refractivity contribution in [2.75, 3.05) is 6.61 Å². The molecule has 0 saturated heterocycles. The third-order valence-corrected chi connectivity index (χ3v) is 2.19. The summed E-state index contributed by atoms with van der Waals surface area (Å²) in [7, 11) is 0. The molecule has 0 saturated carbocycles. The van der Waals surface area contributed by atoms with E-state index in [1.807, 2.05) is 6.92 Å². The fourth-order valence-electron chi connectivity index (χ4n) is 0.926. The highest BCUT2D eigenvalue weighted by Crippen LogP contribution is 2.06. The van der Waals surface area contributed by atoms with Crippen LogP contribution in [0, 0.1) is 0 Å². The van der Waals surface area contributed by atoms with Gasteiger partial charge in [0.2, 0.25) is 0 Å². The Hall–Kier alpha value is -1.34. The standard InChI is InChI=1S/C9H19NO3.C4H9NO2/c1-5-7(6-11)10-8(12)13-9(2,3)4;1-2-3(5)4(6)7/h7,11H,5-6H2,1-4H3,(H,10,12);3H,2,5H2,1H3,(H,6,7). The van der Waals surface area contributed by atoms with E-state index in [-0.39, 0.29) is 12.6 Å². The van der Waals surface area contributed by atoms with Gasteiger partial charge in [-0.05, 0) is 33.6 Å². The summed E-state index contributed by atoms with van der Waals surface area (Å²) in [6.07, 6.45) is 0.707. The number of amides is 1. The van der Waals surface area contributed by atoms with E-state index in [0.29, 0.717) is 12.8 Å². The molecular weight excluding hydrogens is 264 g/mol. The Bertz CT molecular complexity index is 285. The lowest BCUT2D eigenvalue weighted by Crippen LogP contribution is -2.40. The van der Waals surface area contributed by atoms with Gasteiger partial charge in [0.15, 0.2) is 0 Å². The van der Waals surface area contributed by atoms with Crippen LogP contribution in [0.2, 0.25) is 0 Å². The Balaban J connectivity index is 0. The van der Waals surface area contributed by atoms with Gasteiger partial charge in [-0.15, -0.1) is 0 Å². The Labute approximate surface area is 120 Å². The molecule has 0 radical (unpaired) electrons. The van der Waals surface area contributed by atoms with Crippen molar-refractivity contribution >= 4 is 12.1 Å². The number of aliphatic hydroxyl groups is 1. The predicted octanol–water partition coefficient (Wildman–Crippen LogP) is 1.09. The van der Waals surface area contributed by atoms with Crippen molar-refractivity contribution in [3.63, 3.8) is 0 Å². The minimum absolute atomic E-state index is 0.0598. The van der Waals surface area contributed by atoms with E-state index in [0.717, 1.165) is 0 Å². The average molecular weight is 292 g/mol. The molecule has 0 fully saturated rings. The van der Waals surface area contributed by atoms with Gasteiger partial charge in [0.25, 0.3) is 0 Å². The Morgan fingerprint density at radius 3 is 1.95 bits per heavy atom. The fourth-order valence-corrected chi connectivity index (χ4v) is 0.926. The molecular formula is C13H28N2O5. The summed E-state index contributed by atoms with van der Waals surface area (Å²) in [4.78, 5) is 20.9. The van der Waals surface area contributed by atoms with E-state index in [2.05, 4.69) is 5.32 Å². The topological polar surface area (TPSA) is 122 Å². The maximum Gasteiger partial charge on any atom is 0.407 e. The van der Waals surface area contributed by atoms with Gasteiger partial charge in [0.05, 0.1) is 12.6 Å². The first kappa shape index (κ1) is 21.0. The summed E-state index contributed by atoms with van der Waals surface area (Å²) in [6.45, 7) is 8.96. The van der Waals surface area contributed by atoms with Crippen LogP contribution in [0.5, 0.6) is 0 Å². The van der Waals surface area contributed by atoms with Crippen LogP contribution in [0.3, 0.4) is 0 Å². The maximum absolute atomic E-state index is 11.1. The molecule has 7 nitrogen and oxygen atoms in total. The largest absolute Gasteiger partial charge is 0.480 e. The van der Waals surface area contributed by atoms with Crippen molar-refractivity contribution in [1.29, 1.82) is 0 Å². The molecule has 2 unspecified atom stereocenters. The van der Waals surface area contributed by atoms with Crippen LogP contribution in [0.25, 0.3) is 0 Å². The van der Waals surface area contributed by atoms with E-state index in [1.165, 1.54) is 0 Å². The van der Waals surface area contributed by atoms with E-state index in [1.54, 1.807) is 27.7 Å². The van der Waals surface area contributed by atoms with Crippen LogP contribution in [0.1, 0.15) is 47.5 Å². The van der Waals surface area contributed by atoms with Crippen LogP contribution < -0.4 is 11.1 Å². The molecule has 0 aliphatic carbocycles. The fraction of sp³-hybridized carbons (Fsp3) is 0.846. The highest BCUT2D eigenvalue weighted by molar-refractivity contribution is 5.72. The molecule has 2 atom stereocenters. The molecule has 0 aromatic carbocycles. The zero-order chi connectivity index (χ0) is 16.3. The van der Waals surface area contributed by atoms with Crippen molar-refractivity contribution in [1.82, 2.24) is 5.32 Å². The summed E-state index contributed by atoms with van der Waals surface area (Å²) in [5, 5.41) is 19.4. The number of rotatable bonds is 5. The van der Waals surface area contributed by atoms with Crippen molar-refractivity contribution in [2.24, 2.45) is 5.73 Å². The second-order valence-corrected chi connectivity index (χ2v) is 5.29. The number of hydrogen-bond donors (Lipinski definition) is 4. The van der Waals surface area contributed by atoms with Gasteiger partial charge in [-0.3, -0.25) is 4.79 Å².